The van der Waals surface area contributed by atoms with Crippen molar-refractivity contribution in [3.63, 3.8) is 0 Å². The van der Waals surface area contributed by atoms with Crippen LogP contribution >= 0.6 is 0 Å². The molecule has 0 aliphatic heterocycles. The average molecular weight is 242 g/mol. The second-order valence-electron chi connectivity index (χ2n) is 5.93. The molecule has 0 rings (SSSR count). The van der Waals surface area contributed by atoms with Gasteiger partial charge in [0, 0.05) is 19.6 Å². The monoisotopic (exact) mass is 242 g/mol. The summed E-state index contributed by atoms with van der Waals surface area (Å²) in [6, 6.07) is 0. The minimum Gasteiger partial charge on any atom is -0.319 e. The molecule has 0 radical (unpaired) electrons. The molecule has 0 aromatic heterocycles. The van der Waals surface area contributed by atoms with Crippen LogP contribution < -0.4 is 5.32 Å². The van der Waals surface area contributed by atoms with Crippen molar-refractivity contribution in [3.05, 3.63) is 0 Å². The summed E-state index contributed by atoms with van der Waals surface area (Å²) >= 11 is 0. The van der Waals surface area contributed by atoms with Crippen LogP contribution in [-0.4, -0.2) is 38.1 Å². The first-order valence-electron chi connectivity index (χ1n) is 7.38. The summed E-state index contributed by atoms with van der Waals surface area (Å²) in [6.45, 7) is 16.4. The molecule has 0 aromatic rings. The van der Waals surface area contributed by atoms with E-state index in [1.807, 2.05) is 0 Å². The van der Waals surface area contributed by atoms with Crippen molar-refractivity contribution >= 4 is 0 Å². The molecule has 2 heteroatoms. The molecule has 0 aliphatic rings. The second-order valence-corrected chi connectivity index (χ2v) is 5.93. The molecule has 2 unspecified atom stereocenters. The quantitative estimate of drug-likeness (QED) is 0.632. The molecular formula is C15H34N2. The van der Waals surface area contributed by atoms with E-state index in [0.717, 1.165) is 12.5 Å². The van der Waals surface area contributed by atoms with Gasteiger partial charge < -0.3 is 10.2 Å². The number of hydrogen-bond acceptors (Lipinski definition) is 2. The van der Waals surface area contributed by atoms with E-state index >= 15 is 0 Å². The summed E-state index contributed by atoms with van der Waals surface area (Å²) in [6.07, 6.45) is 3.87. The van der Waals surface area contributed by atoms with Gasteiger partial charge >= 0.3 is 0 Å². The van der Waals surface area contributed by atoms with E-state index in [0.29, 0.717) is 5.41 Å². The van der Waals surface area contributed by atoms with Gasteiger partial charge in [0.05, 0.1) is 0 Å². The highest BCUT2D eigenvalue weighted by Crippen LogP contribution is 2.24. The fraction of sp³-hybridized carbons (Fsp3) is 1.00. The third-order valence-electron chi connectivity index (χ3n) is 3.78. The van der Waals surface area contributed by atoms with Gasteiger partial charge in [-0.05, 0) is 31.3 Å². The molecule has 0 amide bonds. The van der Waals surface area contributed by atoms with Crippen LogP contribution in [0.3, 0.4) is 0 Å². The van der Waals surface area contributed by atoms with Gasteiger partial charge in [-0.25, -0.2) is 0 Å². The van der Waals surface area contributed by atoms with Crippen LogP contribution in [0.5, 0.6) is 0 Å². The lowest BCUT2D eigenvalue weighted by atomic mass is 9.84. The molecule has 0 saturated carbocycles. The van der Waals surface area contributed by atoms with E-state index in [1.165, 1.54) is 38.9 Å². The highest BCUT2D eigenvalue weighted by Gasteiger charge is 2.25. The van der Waals surface area contributed by atoms with E-state index in [9.17, 15) is 0 Å². The lowest BCUT2D eigenvalue weighted by molar-refractivity contribution is 0.141. The Bertz CT molecular complexity index is 174. The van der Waals surface area contributed by atoms with Crippen LogP contribution in [0.25, 0.3) is 0 Å². The Balaban J connectivity index is 4.37. The minimum atomic E-state index is 0.424. The number of hydrogen-bond donors (Lipinski definition) is 1. The summed E-state index contributed by atoms with van der Waals surface area (Å²) in [5.74, 6) is 0.815. The van der Waals surface area contributed by atoms with Gasteiger partial charge in [0.15, 0.2) is 0 Å². The van der Waals surface area contributed by atoms with Crippen LogP contribution in [0.2, 0.25) is 0 Å². The van der Waals surface area contributed by atoms with Gasteiger partial charge in [-0.15, -0.1) is 0 Å². The molecule has 0 aromatic carbocycles. The molecule has 17 heavy (non-hydrogen) atoms. The maximum Gasteiger partial charge on any atom is 0.00475 e. The largest absolute Gasteiger partial charge is 0.319 e. The molecule has 0 saturated heterocycles. The minimum absolute atomic E-state index is 0.424. The van der Waals surface area contributed by atoms with Crippen LogP contribution in [0, 0.1) is 11.3 Å². The number of nitrogens with zero attached hydrogens (tertiary/aromatic N) is 1. The first-order chi connectivity index (χ1) is 8.01. The van der Waals surface area contributed by atoms with Crippen LogP contribution in [-0.2, 0) is 0 Å². The third-order valence-corrected chi connectivity index (χ3v) is 3.78. The summed E-state index contributed by atoms with van der Waals surface area (Å²) in [5.41, 5.74) is 0.424. The molecule has 0 heterocycles. The van der Waals surface area contributed by atoms with E-state index in [4.69, 9.17) is 0 Å². The van der Waals surface area contributed by atoms with E-state index in [2.05, 4.69) is 51.9 Å². The topological polar surface area (TPSA) is 15.3 Å². The lowest BCUT2D eigenvalue weighted by Crippen LogP contribution is -2.43. The number of nitrogens with one attached hydrogen (secondary N) is 1. The molecule has 2 atom stereocenters. The van der Waals surface area contributed by atoms with Gasteiger partial charge in [-0.1, -0.05) is 47.5 Å². The summed E-state index contributed by atoms with van der Waals surface area (Å²) < 4.78 is 0. The predicted molar refractivity (Wildman–Crippen MR) is 78.5 cm³/mol. The molecular weight excluding hydrogens is 208 g/mol. The summed E-state index contributed by atoms with van der Waals surface area (Å²) in [4.78, 5) is 2.63. The first kappa shape index (κ1) is 16.9. The lowest BCUT2D eigenvalue weighted by Gasteiger charge is -2.36. The molecule has 0 fully saturated rings. The predicted octanol–water partition coefficient (Wildman–Crippen LogP) is 3.38. The maximum absolute atomic E-state index is 3.36. The van der Waals surface area contributed by atoms with Gasteiger partial charge in [0.1, 0.15) is 0 Å². The van der Waals surface area contributed by atoms with Crippen molar-refractivity contribution in [1.82, 2.24) is 10.2 Å². The standard InChI is InChI=1S/C15H34N2/c1-7-10-15(5,12-16-6)13-17(9-3)11-14(4)8-2/h14,16H,7-13H2,1-6H3. The van der Waals surface area contributed by atoms with Crippen molar-refractivity contribution in [1.29, 1.82) is 0 Å². The Morgan fingerprint density at radius 3 is 2.29 bits per heavy atom. The Labute approximate surface area is 109 Å². The van der Waals surface area contributed by atoms with E-state index in [-0.39, 0.29) is 0 Å². The SMILES string of the molecule is CCCC(C)(CNC)CN(CC)CC(C)CC. The Morgan fingerprint density at radius 2 is 1.88 bits per heavy atom. The van der Waals surface area contributed by atoms with E-state index in [1.54, 1.807) is 0 Å². The van der Waals surface area contributed by atoms with Gasteiger partial charge in [-0.2, -0.15) is 0 Å². The molecule has 0 bridgehead atoms. The zero-order valence-electron chi connectivity index (χ0n) is 13.0. The third kappa shape index (κ3) is 7.05. The van der Waals surface area contributed by atoms with Gasteiger partial charge in [-0.3, -0.25) is 0 Å². The van der Waals surface area contributed by atoms with Crippen molar-refractivity contribution in [2.24, 2.45) is 11.3 Å². The maximum atomic E-state index is 3.36. The number of rotatable bonds is 10. The fourth-order valence-electron chi connectivity index (χ4n) is 2.67. The zero-order valence-corrected chi connectivity index (χ0v) is 13.0. The van der Waals surface area contributed by atoms with Crippen LogP contribution in [0.4, 0.5) is 0 Å². The van der Waals surface area contributed by atoms with Crippen molar-refractivity contribution in [2.75, 3.05) is 33.2 Å². The molecule has 104 valence electrons. The smallest absolute Gasteiger partial charge is 0.00475 e. The molecule has 0 aliphatic carbocycles. The van der Waals surface area contributed by atoms with Gasteiger partial charge in [0.2, 0.25) is 0 Å². The van der Waals surface area contributed by atoms with Crippen molar-refractivity contribution in [2.45, 2.75) is 53.9 Å². The van der Waals surface area contributed by atoms with Crippen LogP contribution in [0.1, 0.15) is 53.9 Å². The zero-order chi connectivity index (χ0) is 13.3. The Hall–Kier alpha value is -0.0800. The van der Waals surface area contributed by atoms with Crippen molar-refractivity contribution < 1.29 is 0 Å². The molecule has 1 N–H and O–H groups in total. The van der Waals surface area contributed by atoms with E-state index < -0.39 is 0 Å². The Kier molecular flexibility index (Phi) is 8.89. The highest BCUT2D eigenvalue weighted by atomic mass is 15.1. The van der Waals surface area contributed by atoms with Crippen LogP contribution in [0.15, 0.2) is 0 Å². The Morgan fingerprint density at radius 1 is 1.24 bits per heavy atom. The molecule has 0 spiro atoms. The summed E-state index contributed by atoms with van der Waals surface area (Å²) in [5, 5.41) is 3.36. The molecule has 2 nitrogen and oxygen atoms in total. The van der Waals surface area contributed by atoms with Crippen molar-refractivity contribution in [3.8, 4) is 0 Å². The fourth-order valence-corrected chi connectivity index (χ4v) is 2.67. The average Bonchev–Trinajstić information content (AvgIpc) is 2.28. The highest BCUT2D eigenvalue weighted by molar-refractivity contribution is 4.80. The normalized spacial score (nSPS) is 17.1. The first-order valence-corrected chi connectivity index (χ1v) is 7.38. The van der Waals surface area contributed by atoms with Gasteiger partial charge in [0.25, 0.3) is 0 Å². The summed E-state index contributed by atoms with van der Waals surface area (Å²) in [7, 11) is 2.07. The second kappa shape index (κ2) is 8.93.